The summed E-state index contributed by atoms with van der Waals surface area (Å²) in [5.74, 6) is 0.954. The Morgan fingerprint density at radius 2 is 1.73 bits per heavy atom. The molecule has 138 valence electrons. The number of benzene rings is 2. The number of likely N-dealkylation sites (N-methyl/N-ethyl adjacent to an activating group) is 1. The highest BCUT2D eigenvalue weighted by molar-refractivity contribution is 7.99. The maximum Gasteiger partial charge on any atom is 0.242 e. The molecule has 0 radical (unpaired) electrons. The van der Waals surface area contributed by atoms with Gasteiger partial charge >= 0.3 is 0 Å². The molecule has 2 amide bonds. The number of carbonyl (C=O) groups excluding carboxylic acids is 2. The maximum atomic E-state index is 12.8. The minimum absolute atomic E-state index is 0.0245. The lowest BCUT2D eigenvalue weighted by Gasteiger charge is -2.28. The number of aryl methyl sites for hydroxylation is 1. The van der Waals surface area contributed by atoms with Crippen molar-refractivity contribution in [2.24, 2.45) is 0 Å². The molecule has 1 N–H and O–H groups in total. The van der Waals surface area contributed by atoms with Crippen LogP contribution in [0, 0.1) is 6.92 Å². The summed E-state index contributed by atoms with van der Waals surface area (Å²) in [6.45, 7) is 4.28. The van der Waals surface area contributed by atoms with Gasteiger partial charge in [-0.3, -0.25) is 9.59 Å². The zero-order valence-electron chi connectivity index (χ0n) is 15.6. The van der Waals surface area contributed by atoms with Gasteiger partial charge in [0.15, 0.2) is 0 Å². The summed E-state index contributed by atoms with van der Waals surface area (Å²) in [5, 5.41) is 2.64. The Bertz CT molecular complexity index is 734. The van der Waals surface area contributed by atoms with Crippen LogP contribution in [-0.4, -0.2) is 35.6 Å². The van der Waals surface area contributed by atoms with Crippen molar-refractivity contribution in [1.82, 2.24) is 10.2 Å². The average Bonchev–Trinajstić information content (AvgIpc) is 2.67. The van der Waals surface area contributed by atoms with E-state index in [-0.39, 0.29) is 11.8 Å². The lowest BCUT2D eigenvalue weighted by atomic mass is 10.1. The highest BCUT2D eigenvalue weighted by Gasteiger charge is 2.25. The second kappa shape index (κ2) is 10.0. The Labute approximate surface area is 160 Å². The summed E-state index contributed by atoms with van der Waals surface area (Å²) in [4.78, 5) is 26.5. The number of carbonyl (C=O) groups is 2. The first-order chi connectivity index (χ1) is 12.5. The zero-order valence-corrected chi connectivity index (χ0v) is 16.4. The molecule has 2 rings (SSSR count). The molecule has 0 spiro atoms. The van der Waals surface area contributed by atoms with E-state index in [2.05, 4.69) is 24.4 Å². The van der Waals surface area contributed by atoms with E-state index in [9.17, 15) is 9.59 Å². The molecule has 0 aliphatic carbocycles. The highest BCUT2D eigenvalue weighted by atomic mass is 32.2. The fraction of sp³-hybridized carbons (Fsp3) is 0.333. The molecule has 4 nitrogen and oxygen atoms in total. The van der Waals surface area contributed by atoms with Crippen molar-refractivity contribution in [2.75, 3.05) is 12.8 Å². The van der Waals surface area contributed by atoms with E-state index in [0.29, 0.717) is 12.3 Å². The Balaban J connectivity index is 2.02. The predicted octanol–water partition coefficient (Wildman–Crippen LogP) is 3.39. The summed E-state index contributed by atoms with van der Waals surface area (Å²) in [7, 11) is 1.59. The van der Waals surface area contributed by atoms with Gasteiger partial charge in [0.25, 0.3) is 0 Å². The van der Waals surface area contributed by atoms with Crippen molar-refractivity contribution < 1.29 is 9.59 Å². The van der Waals surface area contributed by atoms with Gasteiger partial charge in [-0.05, 0) is 30.5 Å². The van der Waals surface area contributed by atoms with Crippen LogP contribution in [-0.2, 0) is 21.9 Å². The summed E-state index contributed by atoms with van der Waals surface area (Å²) >= 11 is 1.58. The monoisotopic (exact) mass is 370 g/mol. The minimum atomic E-state index is -0.508. The number of thioether (sulfide) groups is 1. The van der Waals surface area contributed by atoms with Gasteiger partial charge in [-0.1, -0.05) is 54.6 Å². The van der Waals surface area contributed by atoms with Gasteiger partial charge in [0.1, 0.15) is 6.04 Å². The number of rotatable bonds is 8. The van der Waals surface area contributed by atoms with Gasteiger partial charge in [-0.15, -0.1) is 11.8 Å². The topological polar surface area (TPSA) is 49.4 Å². The standard InChI is InChI=1S/C21H26N2O2S/c1-16-9-7-8-12-19(16)14-26-15-20(24)23(17(2)21(25)22-3)13-18-10-5-4-6-11-18/h4-12,17H,13-15H2,1-3H3,(H,22,25)/t17-/m1/s1. The molecule has 0 heterocycles. The Morgan fingerprint density at radius 1 is 1.08 bits per heavy atom. The molecular weight excluding hydrogens is 344 g/mol. The smallest absolute Gasteiger partial charge is 0.242 e. The van der Waals surface area contributed by atoms with Crippen molar-refractivity contribution in [1.29, 1.82) is 0 Å². The SMILES string of the molecule is CNC(=O)[C@@H](C)N(Cc1ccccc1)C(=O)CSCc1ccccc1C. The average molecular weight is 371 g/mol. The van der Waals surface area contributed by atoms with Crippen LogP contribution in [0.2, 0.25) is 0 Å². The maximum absolute atomic E-state index is 12.8. The van der Waals surface area contributed by atoms with E-state index in [4.69, 9.17) is 0 Å². The van der Waals surface area contributed by atoms with Crippen molar-refractivity contribution in [3.63, 3.8) is 0 Å². The second-order valence-electron chi connectivity index (χ2n) is 6.22. The summed E-state index contributed by atoms with van der Waals surface area (Å²) in [6.07, 6.45) is 0. The molecule has 0 bridgehead atoms. The van der Waals surface area contributed by atoms with Crippen molar-refractivity contribution in [2.45, 2.75) is 32.2 Å². The summed E-state index contributed by atoms with van der Waals surface area (Å²) < 4.78 is 0. The van der Waals surface area contributed by atoms with Gasteiger partial charge in [-0.25, -0.2) is 0 Å². The van der Waals surface area contributed by atoms with Crippen LogP contribution in [0.15, 0.2) is 54.6 Å². The predicted molar refractivity (Wildman–Crippen MR) is 108 cm³/mol. The van der Waals surface area contributed by atoms with Crippen LogP contribution in [0.5, 0.6) is 0 Å². The van der Waals surface area contributed by atoms with Crippen molar-refractivity contribution in [3.8, 4) is 0 Å². The molecule has 5 heteroatoms. The lowest BCUT2D eigenvalue weighted by molar-refractivity contribution is -0.138. The van der Waals surface area contributed by atoms with Gasteiger partial charge in [0.05, 0.1) is 5.75 Å². The van der Waals surface area contributed by atoms with E-state index in [1.807, 2.05) is 42.5 Å². The molecule has 0 saturated heterocycles. The molecule has 0 aromatic heterocycles. The van der Waals surface area contributed by atoms with Crippen LogP contribution in [0.25, 0.3) is 0 Å². The van der Waals surface area contributed by atoms with Crippen molar-refractivity contribution >= 4 is 23.6 Å². The fourth-order valence-electron chi connectivity index (χ4n) is 2.67. The van der Waals surface area contributed by atoms with E-state index in [0.717, 1.165) is 11.3 Å². The summed E-state index contributed by atoms with van der Waals surface area (Å²) in [6, 6.07) is 17.4. The number of amides is 2. The van der Waals surface area contributed by atoms with Crippen LogP contribution in [0.4, 0.5) is 0 Å². The quantitative estimate of drug-likeness (QED) is 0.775. The molecule has 0 aliphatic rings. The second-order valence-corrected chi connectivity index (χ2v) is 7.20. The first-order valence-corrected chi connectivity index (χ1v) is 9.85. The largest absolute Gasteiger partial charge is 0.357 e. The third-order valence-corrected chi connectivity index (χ3v) is 5.32. The number of nitrogens with zero attached hydrogens (tertiary/aromatic N) is 1. The molecule has 0 fully saturated rings. The normalized spacial score (nSPS) is 11.7. The third-order valence-electron chi connectivity index (χ3n) is 4.35. The molecule has 2 aromatic carbocycles. The molecule has 2 aromatic rings. The Morgan fingerprint density at radius 3 is 2.38 bits per heavy atom. The van der Waals surface area contributed by atoms with Gasteiger partial charge in [-0.2, -0.15) is 0 Å². The fourth-order valence-corrected chi connectivity index (χ4v) is 3.66. The highest BCUT2D eigenvalue weighted by Crippen LogP contribution is 2.18. The molecule has 0 saturated carbocycles. The van der Waals surface area contributed by atoms with Gasteiger partial charge in [0.2, 0.25) is 11.8 Å². The van der Waals surface area contributed by atoms with Crippen molar-refractivity contribution in [3.05, 3.63) is 71.3 Å². The molecule has 0 aliphatic heterocycles. The lowest BCUT2D eigenvalue weighted by Crippen LogP contribution is -2.47. The van der Waals surface area contributed by atoms with Crippen LogP contribution < -0.4 is 5.32 Å². The first kappa shape index (κ1) is 20.0. The number of hydrogen-bond acceptors (Lipinski definition) is 3. The van der Waals surface area contributed by atoms with E-state index < -0.39 is 6.04 Å². The van der Waals surface area contributed by atoms with E-state index >= 15 is 0 Å². The van der Waals surface area contributed by atoms with Crippen LogP contribution in [0.3, 0.4) is 0 Å². The molecule has 1 atom stereocenters. The number of hydrogen-bond donors (Lipinski definition) is 1. The van der Waals surface area contributed by atoms with Gasteiger partial charge in [0, 0.05) is 19.3 Å². The Hall–Kier alpha value is -2.27. The van der Waals surface area contributed by atoms with Crippen LogP contribution >= 0.6 is 11.8 Å². The Kier molecular flexibility index (Phi) is 7.73. The molecule has 26 heavy (non-hydrogen) atoms. The third kappa shape index (κ3) is 5.63. The van der Waals surface area contributed by atoms with Gasteiger partial charge < -0.3 is 10.2 Å². The minimum Gasteiger partial charge on any atom is -0.357 e. The molecular formula is C21H26N2O2S. The van der Waals surface area contributed by atoms with E-state index in [1.54, 1.807) is 30.6 Å². The number of nitrogens with one attached hydrogen (secondary N) is 1. The van der Waals surface area contributed by atoms with Crippen LogP contribution in [0.1, 0.15) is 23.6 Å². The zero-order chi connectivity index (χ0) is 18.9. The molecule has 0 unspecified atom stereocenters. The first-order valence-electron chi connectivity index (χ1n) is 8.70. The summed E-state index contributed by atoms with van der Waals surface area (Å²) in [5.41, 5.74) is 3.48. The van der Waals surface area contributed by atoms with E-state index in [1.165, 1.54) is 11.1 Å².